The second kappa shape index (κ2) is 6.41. The molecule has 0 aliphatic carbocycles. The Balaban J connectivity index is 1.72. The molecule has 7 nitrogen and oxygen atoms in total. The highest BCUT2D eigenvalue weighted by Gasteiger charge is 2.16. The molecule has 0 saturated heterocycles. The maximum Gasteiger partial charge on any atom is 0.305 e. The molecule has 3 rings (SSSR count). The fourth-order valence-corrected chi connectivity index (χ4v) is 2.23. The van der Waals surface area contributed by atoms with E-state index in [1.807, 2.05) is 31.2 Å². The largest absolute Gasteiger partial charge is 0.459 e. The molecule has 0 spiro atoms. The second-order valence-electron chi connectivity index (χ2n) is 5.28. The van der Waals surface area contributed by atoms with Crippen molar-refractivity contribution in [3.05, 3.63) is 71.4 Å². The monoisotopic (exact) mass is 324 g/mol. The standard InChI is InChI=1S/C17H16N4O3/c1-11-5-7-13(8-6-11)21-12(2)14(10-18-21)16(22)19-20-17(23)15-4-3-9-24-15/h3-10H,1-2H3,(H,19,22)(H,20,23). The van der Waals surface area contributed by atoms with Gasteiger partial charge in [-0.3, -0.25) is 20.4 Å². The number of carbonyl (C=O) groups excluding carboxylic acids is 2. The lowest BCUT2D eigenvalue weighted by molar-refractivity contribution is 0.0830. The molecule has 0 atom stereocenters. The number of amides is 2. The molecule has 0 aliphatic rings. The smallest absolute Gasteiger partial charge is 0.305 e. The summed E-state index contributed by atoms with van der Waals surface area (Å²) < 4.78 is 6.62. The molecule has 7 heteroatoms. The van der Waals surface area contributed by atoms with E-state index in [-0.39, 0.29) is 5.76 Å². The van der Waals surface area contributed by atoms with Crippen molar-refractivity contribution in [1.82, 2.24) is 20.6 Å². The summed E-state index contributed by atoms with van der Waals surface area (Å²) in [5, 5.41) is 4.24. The first kappa shape index (κ1) is 15.5. The van der Waals surface area contributed by atoms with Crippen molar-refractivity contribution in [3.63, 3.8) is 0 Å². The van der Waals surface area contributed by atoms with Gasteiger partial charge in [0.15, 0.2) is 5.76 Å². The first-order valence-electron chi connectivity index (χ1n) is 7.32. The van der Waals surface area contributed by atoms with Gasteiger partial charge in [-0.15, -0.1) is 0 Å². The van der Waals surface area contributed by atoms with Crippen molar-refractivity contribution in [1.29, 1.82) is 0 Å². The van der Waals surface area contributed by atoms with Gasteiger partial charge >= 0.3 is 5.91 Å². The van der Waals surface area contributed by atoms with E-state index in [1.165, 1.54) is 18.5 Å². The number of aryl methyl sites for hydroxylation is 1. The number of hydrogen-bond acceptors (Lipinski definition) is 4. The fraction of sp³-hybridized carbons (Fsp3) is 0.118. The number of benzene rings is 1. The van der Waals surface area contributed by atoms with Gasteiger partial charge in [0.25, 0.3) is 5.91 Å². The number of hydrogen-bond donors (Lipinski definition) is 2. The summed E-state index contributed by atoms with van der Waals surface area (Å²) in [5.74, 6) is -0.870. The number of aromatic nitrogens is 2. The van der Waals surface area contributed by atoms with Crippen LogP contribution < -0.4 is 10.9 Å². The number of nitrogens with zero attached hydrogens (tertiary/aromatic N) is 2. The molecule has 0 aliphatic heterocycles. The Labute approximate surface area is 138 Å². The van der Waals surface area contributed by atoms with Crippen LogP contribution in [-0.2, 0) is 0 Å². The van der Waals surface area contributed by atoms with Crippen molar-refractivity contribution < 1.29 is 14.0 Å². The zero-order chi connectivity index (χ0) is 17.1. The Bertz CT molecular complexity index is 864. The van der Waals surface area contributed by atoms with E-state index in [9.17, 15) is 9.59 Å². The molecule has 122 valence electrons. The Hall–Kier alpha value is -3.35. The fourth-order valence-electron chi connectivity index (χ4n) is 2.23. The third kappa shape index (κ3) is 3.05. The van der Waals surface area contributed by atoms with Gasteiger partial charge < -0.3 is 4.42 Å². The van der Waals surface area contributed by atoms with Gasteiger partial charge in [-0.05, 0) is 38.1 Å². The molecule has 2 N–H and O–H groups in total. The summed E-state index contributed by atoms with van der Waals surface area (Å²) in [7, 11) is 0. The predicted molar refractivity (Wildman–Crippen MR) is 86.7 cm³/mol. The van der Waals surface area contributed by atoms with Gasteiger partial charge in [-0.25, -0.2) is 4.68 Å². The molecule has 0 saturated carbocycles. The van der Waals surface area contributed by atoms with Crippen LogP contribution in [0.4, 0.5) is 0 Å². The highest BCUT2D eigenvalue weighted by molar-refractivity contribution is 5.98. The molecule has 24 heavy (non-hydrogen) atoms. The summed E-state index contributed by atoms with van der Waals surface area (Å²) >= 11 is 0. The molecule has 1 aromatic carbocycles. The number of furan rings is 1. The second-order valence-corrected chi connectivity index (χ2v) is 5.28. The highest BCUT2D eigenvalue weighted by Crippen LogP contribution is 2.14. The van der Waals surface area contributed by atoms with Crippen LogP contribution in [0.1, 0.15) is 32.2 Å². The van der Waals surface area contributed by atoms with E-state index in [4.69, 9.17) is 4.42 Å². The van der Waals surface area contributed by atoms with Gasteiger partial charge in [0.2, 0.25) is 0 Å². The minimum absolute atomic E-state index is 0.113. The number of carbonyl (C=O) groups is 2. The predicted octanol–water partition coefficient (Wildman–Crippen LogP) is 2.16. The summed E-state index contributed by atoms with van der Waals surface area (Å²) in [6, 6.07) is 10.9. The SMILES string of the molecule is Cc1ccc(-n2ncc(C(=O)NNC(=O)c3ccco3)c2C)cc1. The molecule has 0 unspecified atom stereocenters. The van der Waals surface area contributed by atoms with Crippen LogP contribution in [0, 0.1) is 13.8 Å². The van der Waals surface area contributed by atoms with E-state index in [1.54, 1.807) is 17.7 Å². The zero-order valence-electron chi connectivity index (χ0n) is 13.2. The van der Waals surface area contributed by atoms with E-state index in [0.29, 0.717) is 11.3 Å². The summed E-state index contributed by atoms with van der Waals surface area (Å²) in [4.78, 5) is 24.0. The lowest BCUT2D eigenvalue weighted by Crippen LogP contribution is -2.41. The van der Waals surface area contributed by atoms with Crippen molar-refractivity contribution in [2.24, 2.45) is 0 Å². The van der Waals surface area contributed by atoms with Gasteiger partial charge in [-0.2, -0.15) is 5.10 Å². The van der Waals surface area contributed by atoms with Gasteiger partial charge in [0.05, 0.1) is 29.4 Å². The molecular formula is C17H16N4O3. The first-order chi connectivity index (χ1) is 11.6. The van der Waals surface area contributed by atoms with E-state index in [0.717, 1.165) is 11.3 Å². The molecule has 0 radical (unpaired) electrons. The topological polar surface area (TPSA) is 89.2 Å². The summed E-state index contributed by atoms with van der Waals surface area (Å²) in [6.45, 7) is 3.79. The van der Waals surface area contributed by atoms with Crippen molar-refractivity contribution in [3.8, 4) is 5.69 Å². The molecule has 2 heterocycles. The molecule has 2 aromatic heterocycles. The molecule has 0 fully saturated rings. The van der Waals surface area contributed by atoms with Crippen molar-refractivity contribution >= 4 is 11.8 Å². The number of rotatable bonds is 3. The summed E-state index contributed by atoms with van der Waals surface area (Å²) in [5.41, 5.74) is 7.69. The summed E-state index contributed by atoms with van der Waals surface area (Å²) in [6.07, 6.45) is 2.84. The van der Waals surface area contributed by atoms with Gasteiger partial charge in [0.1, 0.15) is 0 Å². The van der Waals surface area contributed by atoms with Gasteiger partial charge in [0, 0.05) is 0 Å². The lowest BCUT2D eigenvalue weighted by Gasteiger charge is -2.07. The number of hydrazine groups is 1. The molecule has 2 amide bonds. The average Bonchev–Trinajstić information content (AvgIpc) is 3.23. The van der Waals surface area contributed by atoms with E-state index in [2.05, 4.69) is 16.0 Å². The zero-order valence-corrected chi connectivity index (χ0v) is 13.2. The van der Waals surface area contributed by atoms with Crippen molar-refractivity contribution in [2.75, 3.05) is 0 Å². The minimum Gasteiger partial charge on any atom is -0.459 e. The van der Waals surface area contributed by atoms with Crippen molar-refractivity contribution in [2.45, 2.75) is 13.8 Å². The van der Waals surface area contributed by atoms with Crippen LogP contribution in [0.25, 0.3) is 5.69 Å². The third-order valence-electron chi connectivity index (χ3n) is 3.57. The Morgan fingerprint density at radius 1 is 1.04 bits per heavy atom. The molecular weight excluding hydrogens is 308 g/mol. The van der Waals surface area contributed by atoms with Crippen LogP contribution in [-0.4, -0.2) is 21.6 Å². The van der Waals surface area contributed by atoms with Crippen LogP contribution in [0.5, 0.6) is 0 Å². The van der Waals surface area contributed by atoms with Crippen LogP contribution in [0.2, 0.25) is 0 Å². The maximum atomic E-state index is 12.2. The van der Waals surface area contributed by atoms with E-state index >= 15 is 0 Å². The minimum atomic E-state index is -0.531. The number of nitrogens with one attached hydrogen (secondary N) is 2. The maximum absolute atomic E-state index is 12.2. The Morgan fingerprint density at radius 2 is 1.75 bits per heavy atom. The van der Waals surface area contributed by atoms with Crippen LogP contribution in [0.3, 0.4) is 0 Å². The van der Waals surface area contributed by atoms with E-state index < -0.39 is 11.8 Å². The quantitative estimate of drug-likeness (QED) is 0.723. The molecule has 0 bridgehead atoms. The molecule has 3 aromatic rings. The van der Waals surface area contributed by atoms with Gasteiger partial charge in [-0.1, -0.05) is 17.7 Å². The average molecular weight is 324 g/mol. The Kier molecular flexibility index (Phi) is 4.15. The third-order valence-corrected chi connectivity index (χ3v) is 3.57. The van der Waals surface area contributed by atoms with Crippen LogP contribution in [0.15, 0.2) is 53.3 Å². The highest BCUT2D eigenvalue weighted by atomic mass is 16.3. The normalized spacial score (nSPS) is 10.4. The van der Waals surface area contributed by atoms with Crippen LogP contribution >= 0.6 is 0 Å². The first-order valence-corrected chi connectivity index (χ1v) is 7.32. The Morgan fingerprint density at radius 3 is 2.42 bits per heavy atom. The lowest BCUT2D eigenvalue weighted by atomic mass is 10.2.